The Hall–Kier alpha value is -2.63. The first-order valence-electron chi connectivity index (χ1n) is 5.89. The van der Waals surface area contributed by atoms with E-state index in [1.165, 1.54) is 0 Å². The van der Waals surface area contributed by atoms with Crippen LogP contribution < -0.4 is 10.6 Å². The zero-order valence-electron chi connectivity index (χ0n) is 10.4. The van der Waals surface area contributed by atoms with E-state index in [4.69, 9.17) is 0 Å². The maximum atomic E-state index is 11.3. The number of nitrogens with zero attached hydrogens (tertiary/aromatic N) is 2. The Morgan fingerprint density at radius 2 is 2.11 bits per heavy atom. The number of nitrogens with one attached hydrogen (secondary N) is 3. The number of amides is 2. The number of benzene rings is 1. The van der Waals surface area contributed by atoms with Gasteiger partial charge in [0.25, 0.3) is 0 Å². The first kappa shape index (κ1) is 12.8. The summed E-state index contributed by atoms with van der Waals surface area (Å²) in [6, 6.07) is 9.37. The number of rotatable bonds is 5. The molecule has 0 saturated carbocycles. The van der Waals surface area contributed by atoms with E-state index in [9.17, 15) is 4.79 Å². The molecular formula is C13H15N5O. The van der Waals surface area contributed by atoms with E-state index in [0.29, 0.717) is 24.7 Å². The molecule has 0 atom stereocenters. The van der Waals surface area contributed by atoms with Gasteiger partial charge in [0.15, 0.2) is 5.82 Å². The van der Waals surface area contributed by atoms with Crippen molar-refractivity contribution in [3.8, 4) is 11.4 Å². The Kier molecular flexibility index (Phi) is 4.28. The number of urea groups is 1. The molecule has 2 rings (SSSR count). The molecule has 6 heteroatoms. The summed E-state index contributed by atoms with van der Waals surface area (Å²) in [6.07, 6.45) is 1.61. The Balaban J connectivity index is 1.91. The molecule has 0 bridgehead atoms. The maximum Gasteiger partial charge on any atom is 0.315 e. The number of H-pyrrole nitrogens is 1. The first-order chi connectivity index (χ1) is 9.29. The molecule has 0 saturated heterocycles. The Morgan fingerprint density at radius 1 is 1.32 bits per heavy atom. The first-order valence-corrected chi connectivity index (χ1v) is 5.89. The van der Waals surface area contributed by atoms with Crippen molar-refractivity contribution in [2.75, 3.05) is 6.54 Å². The number of hydrogen-bond donors (Lipinski definition) is 3. The summed E-state index contributed by atoms with van der Waals surface area (Å²) < 4.78 is 0. The summed E-state index contributed by atoms with van der Waals surface area (Å²) in [5.41, 5.74) is 0.932. The molecule has 98 valence electrons. The van der Waals surface area contributed by atoms with E-state index in [0.717, 1.165) is 5.56 Å². The molecule has 6 nitrogen and oxygen atoms in total. The van der Waals surface area contributed by atoms with Gasteiger partial charge in [0, 0.05) is 12.1 Å². The molecule has 19 heavy (non-hydrogen) atoms. The molecule has 1 aromatic carbocycles. The monoisotopic (exact) mass is 257 g/mol. The molecule has 1 heterocycles. The zero-order valence-corrected chi connectivity index (χ0v) is 10.4. The summed E-state index contributed by atoms with van der Waals surface area (Å²) >= 11 is 0. The van der Waals surface area contributed by atoms with Gasteiger partial charge in [-0.2, -0.15) is 5.10 Å². The van der Waals surface area contributed by atoms with Gasteiger partial charge < -0.3 is 10.6 Å². The summed E-state index contributed by atoms with van der Waals surface area (Å²) in [5, 5.41) is 12.2. The fourth-order valence-corrected chi connectivity index (χ4v) is 1.48. The van der Waals surface area contributed by atoms with Gasteiger partial charge in [-0.25, -0.2) is 9.78 Å². The van der Waals surface area contributed by atoms with Crippen molar-refractivity contribution in [1.82, 2.24) is 25.8 Å². The van der Waals surface area contributed by atoms with Crippen LogP contribution in [-0.4, -0.2) is 27.8 Å². The van der Waals surface area contributed by atoms with Crippen molar-refractivity contribution in [3.05, 3.63) is 48.8 Å². The predicted molar refractivity (Wildman–Crippen MR) is 72.3 cm³/mol. The number of aromatic nitrogens is 3. The molecule has 0 unspecified atom stereocenters. The highest BCUT2D eigenvalue weighted by molar-refractivity contribution is 5.73. The third-order valence-electron chi connectivity index (χ3n) is 2.39. The second-order valence-electron chi connectivity index (χ2n) is 3.82. The van der Waals surface area contributed by atoms with Crippen molar-refractivity contribution < 1.29 is 4.79 Å². The van der Waals surface area contributed by atoms with E-state index in [1.54, 1.807) is 6.08 Å². The topological polar surface area (TPSA) is 82.7 Å². The van der Waals surface area contributed by atoms with Gasteiger partial charge in [0.1, 0.15) is 5.82 Å². The van der Waals surface area contributed by atoms with E-state index in [-0.39, 0.29) is 6.03 Å². The third-order valence-corrected chi connectivity index (χ3v) is 2.39. The molecule has 2 amide bonds. The lowest BCUT2D eigenvalue weighted by Crippen LogP contribution is -2.35. The fourth-order valence-electron chi connectivity index (χ4n) is 1.48. The lowest BCUT2D eigenvalue weighted by Gasteiger charge is -2.02. The number of carbonyl (C=O) groups excluding carboxylic acids is 1. The molecule has 0 spiro atoms. The van der Waals surface area contributed by atoms with Gasteiger partial charge in [-0.05, 0) is 0 Å². The van der Waals surface area contributed by atoms with Crippen LogP contribution in [0, 0.1) is 0 Å². The Labute approximate surface area is 111 Å². The average molecular weight is 257 g/mol. The molecular weight excluding hydrogens is 242 g/mol. The largest absolute Gasteiger partial charge is 0.335 e. The second kappa shape index (κ2) is 6.34. The highest BCUT2D eigenvalue weighted by Crippen LogP contribution is 2.12. The van der Waals surface area contributed by atoms with Crippen molar-refractivity contribution in [2.24, 2.45) is 0 Å². The van der Waals surface area contributed by atoms with E-state index >= 15 is 0 Å². The summed E-state index contributed by atoms with van der Waals surface area (Å²) in [7, 11) is 0. The minimum Gasteiger partial charge on any atom is -0.335 e. The highest BCUT2D eigenvalue weighted by atomic mass is 16.2. The van der Waals surface area contributed by atoms with Crippen LogP contribution in [0.2, 0.25) is 0 Å². The van der Waals surface area contributed by atoms with Gasteiger partial charge in [0.2, 0.25) is 0 Å². The van der Waals surface area contributed by atoms with Crippen molar-refractivity contribution >= 4 is 6.03 Å². The smallest absolute Gasteiger partial charge is 0.315 e. The third kappa shape index (κ3) is 3.67. The predicted octanol–water partition coefficient (Wildman–Crippen LogP) is 1.46. The van der Waals surface area contributed by atoms with Crippen LogP contribution in [0.4, 0.5) is 4.79 Å². The average Bonchev–Trinajstić information content (AvgIpc) is 2.93. The molecule has 0 radical (unpaired) electrons. The van der Waals surface area contributed by atoms with E-state index in [1.807, 2.05) is 30.3 Å². The molecule has 0 aliphatic heterocycles. The van der Waals surface area contributed by atoms with Crippen LogP contribution in [0.25, 0.3) is 11.4 Å². The van der Waals surface area contributed by atoms with Crippen LogP contribution >= 0.6 is 0 Å². The Morgan fingerprint density at radius 3 is 2.84 bits per heavy atom. The van der Waals surface area contributed by atoms with Crippen LogP contribution in [0.15, 0.2) is 43.0 Å². The van der Waals surface area contributed by atoms with Gasteiger partial charge in [0.05, 0.1) is 6.54 Å². The van der Waals surface area contributed by atoms with Crippen LogP contribution in [0.3, 0.4) is 0 Å². The maximum absolute atomic E-state index is 11.3. The normalized spacial score (nSPS) is 9.89. The Bertz CT molecular complexity index is 549. The summed E-state index contributed by atoms with van der Waals surface area (Å²) in [6.45, 7) is 4.24. The number of aromatic amines is 1. The van der Waals surface area contributed by atoms with Gasteiger partial charge in [-0.15, -0.1) is 6.58 Å². The van der Waals surface area contributed by atoms with E-state index in [2.05, 4.69) is 32.4 Å². The molecule has 3 N–H and O–H groups in total. The minimum atomic E-state index is -0.266. The molecule has 0 aliphatic rings. The van der Waals surface area contributed by atoms with Crippen molar-refractivity contribution in [2.45, 2.75) is 6.54 Å². The molecule has 2 aromatic rings. The summed E-state index contributed by atoms with van der Waals surface area (Å²) in [5.74, 6) is 1.22. The van der Waals surface area contributed by atoms with Crippen LogP contribution in [-0.2, 0) is 6.54 Å². The van der Waals surface area contributed by atoms with Crippen LogP contribution in [0.5, 0.6) is 0 Å². The second-order valence-corrected chi connectivity index (χ2v) is 3.82. The highest BCUT2D eigenvalue weighted by Gasteiger charge is 2.06. The fraction of sp³-hybridized carbons (Fsp3) is 0.154. The summed E-state index contributed by atoms with van der Waals surface area (Å²) in [4.78, 5) is 15.6. The number of hydrogen-bond acceptors (Lipinski definition) is 3. The molecule has 0 aliphatic carbocycles. The van der Waals surface area contributed by atoms with Crippen molar-refractivity contribution in [3.63, 3.8) is 0 Å². The lowest BCUT2D eigenvalue weighted by molar-refractivity contribution is 0.241. The standard InChI is InChI=1S/C13H15N5O/c1-2-8-14-13(19)15-9-11-16-12(18-17-11)10-6-4-3-5-7-10/h2-7H,1,8-9H2,(H2,14,15,19)(H,16,17,18). The van der Waals surface area contributed by atoms with Crippen LogP contribution in [0.1, 0.15) is 5.82 Å². The SMILES string of the molecule is C=CCNC(=O)NCc1nc(-c2ccccc2)n[nH]1. The molecule has 1 aromatic heterocycles. The quantitative estimate of drug-likeness (QED) is 0.709. The van der Waals surface area contributed by atoms with E-state index < -0.39 is 0 Å². The zero-order chi connectivity index (χ0) is 13.5. The minimum absolute atomic E-state index is 0.266. The molecule has 0 fully saturated rings. The van der Waals surface area contributed by atoms with Gasteiger partial charge >= 0.3 is 6.03 Å². The van der Waals surface area contributed by atoms with Gasteiger partial charge in [-0.1, -0.05) is 36.4 Å². The van der Waals surface area contributed by atoms with Crippen molar-refractivity contribution in [1.29, 1.82) is 0 Å². The van der Waals surface area contributed by atoms with Gasteiger partial charge in [-0.3, -0.25) is 5.10 Å². The number of carbonyl (C=O) groups is 1. The lowest BCUT2D eigenvalue weighted by atomic mass is 10.2.